The van der Waals surface area contributed by atoms with Crippen LogP contribution in [-0.4, -0.2) is 38.9 Å². The van der Waals surface area contributed by atoms with Crippen molar-refractivity contribution in [3.05, 3.63) is 52.5 Å². The SMILES string of the molecule is COC(=O)CN(CCc1cccs1)S(=O)(=O)c1ccc(F)cc1. The van der Waals surface area contributed by atoms with Crippen LogP contribution in [0.15, 0.2) is 46.7 Å². The van der Waals surface area contributed by atoms with Crippen LogP contribution >= 0.6 is 11.3 Å². The number of nitrogens with zero attached hydrogens (tertiary/aromatic N) is 1. The standard InChI is InChI=1S/C15H16FNO4S2/c1-21-15(18)11-17(9-8-13-3-2-10-22-13)23(19,20)14-6-4-12(16)5-7-14/h2-7,10H,8-9,11H2,1H3. The molecule has 0 aliphatic carbocycles. The van der Waals surface area contributed by atoms with Crippen molar-refractivity contribution in [1.29, 1.82) is 0 Å². The van der Waals surface area contributed by atoms with E-state index in [2.05, 4.69) is 4.74 Å². The van der Waals surface area contributed by atoms with Gasteiger partial charge in [-0.3, -0.25) is 4.79 Å². The van der Waals surface area contributed by atoms with Gasteiger partial charge in [0.15, 0.2) is 0 Å². The summed E-state index contributed by atoms with van der Waals surface area (Å²) in [5.41, 5.74) is 0. The molecule has 1 aromatic heterocycles. The fourth-order valence-electron chi connectivity index (χ4n) is 1.94. The Balaban J connectivity index is 2.23. The Labute approximate surface area is 138 Å². The summed E-state index contributed by atoms with van der Waals surface area (Å²) < 4.78 is 43.9. The highest BCUT2D eigenvalue weighted by molar-refractivity contribution is 7.89. The molecular formula is C15H16FNO4S2. The van der Waals surface area contributed by atoms with Gasteiger partial charge in [-0.25, -0.2) is 12.8 Å². The molecule has 0 aliphatic heterocycles. The number of halogens is 1. The third-order valence-corrected chi connectivity index (χ3v) is 5.97. The zero-order valence-electron chi connectivity index (χ0n) is 12.4. The van der Waals surface area contributed by atoms with E-state index in [0.29, 0.717) is 6.42 Å². The molecule has 1 heterocycles. The van der Waals surface area contributed by atoms with E-state index in [9.17, 15) is 17.6 Å². The molecule has 0 radical (unpaired) electrons. The molecule has 0 unspecified atom stereocenters. The van der Waals surface area contributed by atoms with Crippen LogP contribution in [0.1, 0.15) is 4.88 Å². The maximum atomic E-state index is 13.0. The zero-order chi connectivity index (χ0) is 16.9. The van der Waals surface area contributed by atoms with Crippen molar-refractivity contribution in [3.8, 4) is 0 Å². The summed E-state index contributed by atoms with van der Waals surface area (Å²) >= 11 is 1.51. The number of esters is 1. The number of hydrogen-bond donors (Lipinski definition) is 0. The van der Waals surface area contributed by atoms with Crippen molar-refractivity contribution < 1.29 is 22.3 Å². The number of hydrogen-bond acceptors (Lipinski definition) is 5. The summed E-state index contributed by atoms with van der Waals surface area (Å²) in [4.78, 5) is 12.5. The number of rotatable bonds is 7. The number of thiophene rings is 1. The van der Waals surface area contributed by atoms with Gasteiger partial charge >= 0.3 is 5.97 Å². The number of methoxy groups -OCH3 is 1. The minimum atomic E-state index is -3.91. The molecule has 0 spiro atoms. The molecule has 2 rings (SSSR count). The van der Waals surface area contributed by atoms with E-state index >= 15 is 0 Å². The van der Waals surface area contributed by atoms with Crippen molar-refractivity contribution in [2.45, 2.75) is 11.3 Å². The van der Waals surface area contributed by atoms with E-state index in [1.165, 1.54) is 30.6 Å². The van der Waals surface area contributed by atoms with Crippen LogP contribution in [0.4, 0.5) is 4.39 Å². The van der Waals surface area contributed by atoms with Gasteiger partial charge in [0.05, 0.1) is 12.0 Å². The molecule has 0 saturated heterocycles. The normalized spacial score (nSPS) is 11.6. The number of sulfonamides is 1. The molecule has 0 saturated carbocycles. The van der Waals surface area contributed by atoms with Crippen LogP contribution in [0.2, 0.25) is 0 Å². The lowest BCUT2D eigenvalue weighted by Gasteiger charge is -2.20. The first-order chi connectivity index (χ1) is 10.9. The summed E-state index contributed by atoms with van der Waals surface area (Å²) in [5.74, 6) is -1.18. The Hall–Kier alpha value is -1.77. The molecule has 0 aliphatic rings. The molecule has 0 atom stereocenters. The van der Waals surface area contributed by atoms with Gasteiger partial charge in [-0.2, -0.15) is 4.31 Å². The maximum Gasteiger partial charge on any atom is 0.321 e. The summed E-state index contributed by atoms with van der Waals surface area (Å²) in [7, 11) is -2.71. The van der Waals surface area contributed by atoms with E-state index in [1.54, 1.807) is 0 Å². The van der Waals surface area contributed by atoms with Gasteiger partial charge in [-0.05, 0) is 42.1 Å². The second-order valence-corrected chi connectivity index (χ2v) is 7.67. The van der Waals surface area contributed by atoms with E-state index in [0.717, 1.165) is 21.3 Å². The van der Waals surface area contributed by atoms with Crippen molar-refractivity contribution in [1.82, 2.24) is 4.31 Å². The average molecular weight is 357 g/mol. The molecule has 8 heteroatoms. The third-order valence-electron chi connectivity index (χ3n) is 3.17. The molecule has 23 heavy (non-hydrogen) atoms. The highest BCUT2D eigenvalue weighted by Gasteiger charge is 2.27. The number of benzene rings is 1. The number of carbonyl (C=O) groups is 1. The van der Waals surface area contributed by atoms with E-state index in [-0.39, 0.29) is 18.0 Å². The molecule has 124 valence electrons. The number of ether oxygens (including phenoxy) is 1. The van der Waals surface area contributed by atoms with Gasteiger partial charge < -0.3 is 4.74 Å². The highest BCUT2D eigenvalue weighted by atomic mass is 32.2. The van der Waals surface area contributed by atoms with E-state index in [1.807, 2.05) is 17.5 Å². The van der Waals surface area contributed by atoms with Gasteiger partial charge in [0.1, 0.15) is 12.4 Å². The molecule has 0 N–H and O–H groups in total. The lowest BCUT2D eigenvalue weighted by atomic mass is 10.3. The quantitative estimate of drug-likeness (QED) is 0.713. The molecule has 1 aromatic carbocycles. The molecule has 2 aromatic rings. The monoisotopic (exact) mass is 357 g/mol. The first kappa shape index (κ1) is 17.6. The molecule has 0 amide bonds. The van der Waals surface area contributed by atoms with Crippen LogP contribution in [0, 0.1) is 5.82 Å². The van der Waals surface area contributed by atoms with Crippen molar-refractivity contribution in [3.63, 3.8) is 0 Å². The fourth-order valence-corrected chi connectivity index (χ4v) is 4.02. The highest BCUT2D eigenvalue weighted by Crippen LogP contribution is 2.18. The van der Waals surface area contributed by atoms with Crippen molar-refractivity contribution in [2.24, 2.45) is 0 Å². The second-order valence-electron chi connectivity index (χ2n) is 4.70. The van der Waals surface area contributed by atoms with Crippen molar-refractivity contribution >= 4 is 27.3 Å². The first-order valence-electron chi connectivity index (χ1n) is 6.78. The molecule has 0 bridgehead atoms. The predicted molar refractivity (Wildman–Crippen MR) is 85.2 cm³/mol. The minimum Gasteiger partial charge on any atom is -0.468 e. The Morgan fingerprint density at radius 2 is 1.96 bits per heavy atom. The summed E-state index contributed by atoms with van der Waals surface area (Å²) in [6, 6.07) is 8.27. The lowest BCUT2D eigenvalue weighted by Crippen LogP contribution is -2.37. The topological polar surface area (TPSA) is 63.7 Å². The molecular weight excluding hydrogens is 341 g/mol. The average Bonchev–Trinajstić information content (AvgIpc) is 3.04. The van der Waals surface area contributed by atoms with Gasteiger partial charge in [0.2, 0.25) is 10.0 Å². The number of carbonyl (C=O) groups excluding carboxylic acids is 1. The molecule has 0 fully saturated rings. The Kier molecular flexibility index (Phi) is 5.86. The van der Waals surface area contributed by atoms with Gasteiger partial charge in [0, 0.05) is 11.4 Å². The van der Waals surface area contributed by atoms with Gasteiger partial charge in [-0.1, -0.05) is 6.07 Å². The molecule has 5 nitrogen and oxygen atoms in total. The van der Waals surface area contributed by atoms with Crippen LogP contribution in [0.3, 0.4) is 0 Å². The third kappa shape index (κ3) is 4.60. The fraction of sp³-hybridized carbons (Fsp3) is 0.267. The minimum absolute atomic E-state index is 0.0611. The first-order valence-corrected chi connectivity index (χ1v) is 9.10. The van der Waals surface area contributed by atoms with Crippen LogP contribution in [-0.2, 0) is 26.0 Å². The Morgan fingerprint density at radius 1 is 1.26 bits per heavy atom. The van der Waals surface area contributed by atoms with Gasteiger partial charge in [-0.15, -0.1) is 11.3 Å². The second kappa shape index (κ2) is 7.67. The van der Waals surface area contributed by atoms with E-state index < -0.39 is 21.8 Å². The van der Waals surface area contributed by atoms with Crippen LogP contribution in [0.25, 0.3) is 0 Å². The summed E-state index contributed by atoms with van der Waals surface area (Å²) in [5, 5.41) is 1.90. The van der Waals surface area contributed by atoms with E-state index in [4.69, 9.17) is 0 Å². The maximum absolute atomic E-state index is 13.0. The Morgan fingerprint density at radius 3 is 2.52 bits per heavy atom. The summed E-state index contributed by atoms with van der Waals surface area (Å²) in [6.07, 6.45) is 0.481. The zero-order valence-corrected chi connectivity index (χ0v) is 14.1. The largest absolute Gasteiger partial charge is 0.468 e. The smallest absolute Gasteiger partial charge is 0.321 e. The van der Waals surface area contributed by atoms with Crippen molar-refractivity contribution in [2.75, 3.05) is 20.2 Å². The lowest BCUT2D eigenvalue weighted by molar-refractivity contribution is -0.140. The predicted octanol–water partition coefficient (Wildman–Crippen LogP) is 2.29. The summed E-state index contributed by atoms with van der Waals surface area (Å²) in [6.45, 7) is -0.253. The van der Waals surface area contributed by atoms with Crippen LogP contribution in [0.5, 0.6) is 0 Å². The van der Waals surface area contributed by atoms with Gasteiger partial charge in [0.25, 0.3) is 0 Å². The van der Waals surface area contributed by atoms with Crippen LogP contribution < -0.4 is 0 Å². The Bertz CT molecular complexity index is 742.